The highest BCUT2D eigenvalue weighted by Gasteiger charge is 2.82. The lowest BCUT2D eigenvalue weighted by Crippen LogP contribution is -2.69. The zero-order chi connectivity index (χ0) is 26.2. The molecule has 2 aromatic carbocycles. The third-order valence-corrected chi connectivity index (χ3v) is 5.25. The number of alkyl halides is 7. The number of amides is 1. The van der Waals surface area contributed by atoms with Crippen LogP contribution in [0.25, 0.3) is 0 Å². The van der Waals surface area contributed by atoms with Crippen LogP contribution in [-0.4, -0.2) is 52.1 Å². The van der Waals surface area contributed by atoms with Crippen LogP contribution in [0.1, 0.15) is 17.5 Å². The molecule has 1 aliphatic heterocycles. The third-order valence-electron chi connectivity index (χ3n) is 5.00. The molecule has 3 rings (SSSR count). The molecule has 0 saturated heterocycles. The maximum absolute atomic E-state index is 14.7. The molecule has 6 nitrogen and oxygen atoms in total. The van der Waals surface area contributed by atoms with Gasteiger partial charge in [-0.3, -0.25) is 4.79 Å². The van der Waals surface area contributed by atoms with Crippen molar-refractivity contribution >= 4 is 23.2 Å². The number of aliphatic hydroxyl groups is 1. The van der Waals surface area contributed by atoms with E-state index < -0.39 is 53.4 Å². The Bertz CT molecular complexity index is 1180. The number of nitrogens with zero attached hydrogens (tertiary/aromatic N) is 3. The maximum Gasteiger partial charge on any atom is 0.460 e. The summed E-state index contributed by atoms with van der Waals surface area (Å²) in [5.74, 6) is -14.7. The van der Waals surface area contributed by atoms with E-state index in [2.05, 4.69) is 5.10 Å². The van der Waals surface area contributed by atoms with E-state index in [0.29, 0.717) is 0 Å². The summed E-state index contributed by atoms with van der Waals surface area (Å²) in [6.45, 7) is -1.17. The second-order valence-corrected chi connectivity index (χ2v) is 7.76. The van der Waals surface area contributed by atoms with Gasteiger partial charge in [0, 0.05) is 11.4 Å². The van der Waals surface area contributed by atoms with E-state index in [0.717, 1.165) is 0 Å². The molecule has 0 radical (unpaired) electrons. The molecule has 186 valence electrons. The molecule has 1 amide bonds. The molecule has 1 aliphatic rings. The van der Waals surface area contributed by atoms with Crippen molar-refractivity contribution in [2.24, 2.45) is 5.10 Å². The van der Waals surface area contributed by atoms with Crippen LogP contribution in [0.4, 0.5) is 30.7 Å². The molecule has 14 heteroatoms. The zero-order valence-electron chi connectivity index (χ0n) is 17.2. The van der Waals surface area contributed by atoms with E-state index in [9.17, 15) is 40.6 Å². The Hall–Kier alpha value is -3.37. The summed E-state index contributed by atoms with van der Waals surface area (Å²) in [5, 5.41) is 22.4. The molecule has 0 bridgehead atoms. The van der Waals surface area contributed by atoms with E-state index in [1.54, 1.807) is 6.07 Å². The van der Waals surface area contributed by atoms with E-state index in [4.69, 9.17) is 21.6 Å². The SMILES string of the molecule is N#Cc1ccc(OCC(=O)N2N=C(c3ccc(Cl)cc3)C[C@]2(O)C(F)(F)C(F)(F)C(F)(F)F)cc1. The highest BCUT2D eigenvalue weighted by molar-refractivity contribution is 6.30. The molecule has 0 saturated carbocycles. The van der Waals surface area contributed by atoms with Gasteiger partial charge in [-0.2, -0.15) is 46.1 Å². The lowest BCUT2D eigenvalue weighted by molar-refractivity contribution is -0.401. The summed E-state index contributed by atoms with van der Waals surface area (Å²) in [5.41, 5.74) is -4.83. The van der Waals surface area contributed by atoms with Crippen LogP contribution in [-0.2, 0) is 4.79 Å². The van der Waals surface area contributed by atoms with Gasteiger partial charge in [-0.25, -0.2) is 0 Å². The second-order valence-electron chi connectivity index (χ2n) is 7.32. The molecule has 0 unspecified atom stereocenters. The van der Waals surface area contributed by atoms with Crippen molar-refractivity contribution in [3.63, 3.8) is 0 Å². The van der Waals surface area contributed by atoms with Crippen LogP contribution in [0.3, 0.4) is 0 Å². The van der Waals surface area contributed by atoms with Crippen molar-refractivity contribution in [1.82, 2.24) is 5.01 Å². The van der Waals surface area contributed by atoms with Crippen molar-refractivity contribution in [2.75, 3.05) is 6.61 Å². The number of nitriles is 1. The van der Waals surface area contributed by atoms with Crippen LogP contribution in [0.2, 0.25) is 5.02 Å². The predicted molar refractivity (Wildman–Crippen MR) is 107 cm³/mol. The van der Waals surface area contributed by atoms with E-state index >= 15 is 0 Å². The monoisotopic (exact) mass is 523 g/mol. The van der Waals surface area contributed by atoms with Gasteiger partial charge < -0.3 is 9.84 Å². The highest BCUT2D eigenvalue weighted by Crippen LogP contribution is 2.54. The van der Waals surface area contributed by atoms with Crippen LogP contribution in [0.5, 0.6) is 5.75 Å². The van der Waals surface area contributed by atoms with Gasteiger partial charge in [-0.1, -0.05) is 23.7 Å². The number of hydrogen-bond acceptors (Lipinski definition) is 5. The normalized spacial score (nSPS) is 18.7. The summed E-state index contributed by atoms with van der Waals surface area (Å²) in [6, 6.07) is 11.7. The molecule has 0 aliphatic carbocycles. The summed E-state index contributed by atoms with van der Waals surface area (Å²) in [4.78, 5) is 12.6. The lowest BCUT2D eigenvalue weighted by atomic mass is 9.91. The van der Waals surface area contributed by atoms with Crippen LogP contribution >= 0.6 is 11.6 Å². The number of halogens is 8. The topological polar surface area (TPSA) is 85.9 Å². The molecule has 1 heterocycles. The molecule has 0 aromatic heterocycles. The Morgan fingerprint density at radius 2 is 1.66 bits per heavy atom. The third kappa shape index (κ3) is 4.63. The molecule has 1 N–H and O–H groups in total. The zero-order valence-corrected chi connectivity index (χ0v) is 17.9. The smallest absolute Gasteiger partial charge is 0.460 e. The maximum atomic E-state index is 14.7. The van der Waals surface area contributed by atoms with Gasteiger partial charge in [0.2, 0.25) is 5.72 Å². The van der Waals surface area contributed by atoms with E-state index in [1.807, 2.05) is 0 Å². The number of carbonyl (C=O) groups excluding carboxylic acids is 1. The Morgan fingerprint density at radius 3 is 2.17 bits per heavy atom. The van der Waals surface area contributed by atoms with E-state index in [-0.39, 0.29) is 21.9 Å². The first-order chi connectivity index (χ1) is 16.1. The van der Waals surface area contributed by atoms with Crippen molar-refractivity contribution < 1.29 is 45.4 Å². The van der Waals surface area contributed by atoms with Gasteiger partial charge in [-0.05, 0) is 42.0 Å². The molecule has 0 fully saturated rings. The fraction of sp³-hybridized carbons (Fsp3) is 0.286. The summed E-state index contributed by atoms with van der Waals surface area (Å²) in [6.07, 6.45) is -8.32. The van der Waals surface area contributed by atoms with Crippen molar-refractivity contribution in [3.8, 4) is 11.8 Å². The Morgan fingerprint density at radius 1 is 1.09 bits per heavy atom. The number of hydrogen-bond donors (Lipinski definition) is 1. The quantitative estimate of drug-likeness (QED) is 0.554. The van der Waals surface area contributed by atoms with Gasteiger partial charge in [0.15, 0.2) is 6.61 Å². The Labute approximate surface area is 197 Å². The van der Waals surface area contributed by atoms with E-state index in [1.165, 1.54) is 48.5 Å². The second kappa shape index (κ2) is 9.01. The number of hydrazone groups is 1. The fourth-order valence-electron chi connectivity index (χ4n) is 3.12. The molecule has 0 spiro atoms. The van der Waals surface area contributed by atoms with Gasteiger partial charge in [-0.15, -0.1) is 0 Å². The first-order valence-electron chi connectivity index (χ1n) is 9.48. The first kappa shape index (κ1) is 26.2. The number of benzene rings is 2. The number of carbonyl (C=O) groups is 1. The number of ether oxygens (including phenoxy) is 1. The van der Waals surface area contributed by atoms with Crippen LogP contribution < -0.4 is 4.74 Å². The molecular formula is C21H13ClF7N3O3. The van der Waals surface area contributed by atoms with Crippen molar-refractivity contribution in [3.05, 3.63) is 64.7 Å². The summed E-state index contributed by atoms with van der Waals surface area (Å²) >= 11 is 5.72. The minimum Gasteiger partial charge on any atom is -0.484 e. The predicted octanol–water partition coefficient (Wildman–Crippen LogP) is 4.75. The van der Waals surface area contributed by atoms with Crippen molar-refractivity contribution in [1.29, 1.82) is 5.26 Å². The van der Waals surface area contributed by atoms with Gasteiger partial charge in [0.25, 0.3) is 5.91 Å². The van der Waals surface area contributed by atoms with Crippen LogP contribution in [0.15, 0.2) is 53.6 Å². The molecule has 35 heavy (non-hydrogen) atoms. The fourth-order valence-corrected chi connectivity index (χ4v) is 3.24. The Kier molecular flexibility index (Phi) is 6.75. The standard InChI is InChI=1S/C21H13ClF7N3O3/c22-14-5-3-13(4-6-14)16-9-18(34,19(23,24)20(25,26)21(27,28)29)32(31-16)17(33)11-35-15-7-1-12(10-30)2-8-15/h1-8,34H,9,11H2/t18-/m0/s1. The first-order valence-corrected chi connectivity index (χ1v) is 9.86. The average molecular weight is 524 g/mol. The average Bonchev–Trinajstić information content (AvgIpc) is 3.16. The minimum absolute atomic E-state index is 0.0608. The van der Waals surface area contributed by atoms with Crippen molar-refractivity contribution in [2.45, 2.75) is 30.2 Å². The summed E-state index contributed by atoms with van der Waals surface area (Å²) in [7, 11) is 0. The minimum atomic E-state index is -6.76. The molecular weight excluding hydrogens is 511 g/mol. The number of rotatable bonds is 6. The van der Waals surface area contributed by atoms with Gasteiger partial charge >= 0.3 is 18.0 Å². The van der Waals surface area contributed by atoms with Gasteiger partial charge in [0.05, 0.1) is 17.3 Å². The molecule has 2 aromatic rings. The van der Waals surface area contributed by atoms with Crippen LogP contribution in [0, 0.1) is 11.3 Å². The largest absolute Gasteiger partial charge is 0.484 e. The summed E-state index contributed by atoms with van der Waals surface area (Å²) < 4.78 is 101. The highest BCUT2D eigenvalue weighted by atomic mass is 35.5. The lowest BCUT2D eigenvalue weighted by Gasteiger charge is -2.41. The Balaban J connectivity index is 1.98. The van der Waals surface area contributed by atoms with Gasteiger partial charge in [0.1, 0.15) is 5.75 Å². The molecule has 1 atom stereocenters.